The van der Waals surface area contributed by atoms with Crippen LogP contribution < -0.4 is 29.7 Å². The molecule has 12 heteroatoms. The number of fused-ring (bicyclic) bond motifs is 1. The predicted octanol–water partition coefficient (Wildman–Crippen LogP) is 4.12. The number of amides is 1. The van der Waals surface area contributed by atoms with Crippen LogP contribution >= 0.6 is 0 Å². The van der Waals surface area contributed by atoms with Crippen LogP contribution in [0.4, 0.5) is 28.7 Å². The van der Waals surface area contributed by atoms with Gasteiger partial charge in [0.1, 0.15) is 17.5 Å². The van der Waals surface area contributed by atoms with Crippen molar-refractivity contribution < 1.29 is 23.0 Å². The van der Waals surface area contributed by atoms with Crippen LogP contribution in [0.3, 0.4) is 0 Å². The Labute approximate surface area is 228 Å². The van der Waals surface area contributed by atoms with E-state index in [9.17, 15) is 13.6 Å². The SMILES string of the molecule is COc1cc(Nc2nc3ccccc3nc2N(c2cccc(N3CCC[C@@H]3C(N)=O)c2)S(=O)O)cc(OC)c1. The fraction of sp³-hybridized carbons (Fsp3) is 0.222. The van der Waals surface area contributed by atoms with Gasteiger partial charge in [0.15, 0.2) is 11.6 Å². The second-order valence-electron chi connectivity index (χ2n) is 8.91. The third-order valence-electron chi connectivity index (χ3n) is 6.49. The zero-order valence-electron chi connectivity index (χ0n) is 21.4. The first-order chi connectivity index (χ1) is 18.9. The van der Waals surface area contributed by atoms with Crippen molar-refractivity contribution in [1.29, 1.82) is 0 Å². The van der Waals surface area contributed by atoms with Crippen LogP contribution in [0.15, 0.2) is 66.7 Å². The van der Waals surface area contributed by atoms with E-state index in [1.54, 1.807) is 56.7 Å². The van der Waals surface area contributed by atoms with Gasteiger partial charge in [-0.15, -0.1) is 0 Å². The van der Waals surface area contributed by atoms with Gasteiger partial charge in [-0.05, 0) is 43.2 Å². The van der Waals surface area contributed by atoms with Crippen molar-refractivity contribution in [3.8, 4) is 11.5 Å². The van der Waals surface area contributed by atoms with E-state index in [-0.39, 0.29) is 11.6 Å². The number of nitrogens with two attached hydrogens (primary N) is 1. The molecule has 4 N–H and O–H groups in total. The van der Waals surface area contributed by atoms with Crippen LogP contribution in [0.5, 0.6) is 11.5 Å². The molecule has 202 valence electrons. The minimum absolute atomic E-state index is 0.126. The van der Waals surface area contributed by atoms with Gasteiger partial charge < -0.3 is 25.4 Å². The molecule has 0 saturated carbocycles. The molecule has 11 nitrogen and oxygen atoms in total. The first-order valence-electron chi connectivity index (χ1n) is 12.2. The Morgan fingerprint density at radius 1 is 1.05 bits per heavy atom. The largest absolute Gasteiger partial charge is 0.497 e. The predicted molar refractivity (Wildman–Crippen MR) is 151 cm³/mol. The number of benzene rings is 3. The summed E-state index contributed by atoms with van der Waals surface area (Å²) in [7, 11) is 3.10. The van der Waals surface area contributed by atoms with Gasteiger partial charge in [0.05, 0.1) is 30.9 Å². The monoisotopic (exact) mass is 548 g/mol. The van der Waals surface area contributed by atoms with Gasteiger partial charge in [-0.1, -0.05) is 18.2 Å². The number of anilines is 5. The van der Waals surface area contributed by atoms with E-state index in [2.05, 4.69) is 5.32 Å². The number of carbonyl (C=O) groups excluding carboxylic acids is 1. The number of primary amides is 1. The number of ether oxygens (including phenoxy) is 2. The summed E-state index contributed by atoms with van der Waals surface area (Å²) >= 11 is -2.52. The van der Waals surface area contributed by atoms with Crippen molar-refractivity contribution in [3.63, 3.8) is 0 Å². The van der Waals surface area contributed by atoms with E-state index in [1.165, 1.54) is 4.31 Å². The van der Waals surface area contributed by atoms with E-state index >= 15 is 0 Å². The van der Waals surface area contributed by atoms with Crippen LogP contribution in [0, 0.1) is 0 Å². The fourth-order valence-corrected chi connectivity index (χ4v) is 5.26. The highest BCUT2D eigenvalue weighted by atomic mass is 32.2. The van der Waals surface area contributed by atoms with Gasteiger partial charge in [-0.25, -0.2) is 18.5 Å². The molecule has 0 bridgehead atoms. The molecule has 1 aliphatic heterocycles. The zero-order chi connectivity index (χ0) is 27.5. The van der Waals surface area contributed by atoms with Crippen molar-refractivity contribution in [2.75, 3.05) is 35.3 Å². The van der Waals surface area contributed by atoms with E-state index in [0.29, 0.717) is 52.6 Å². The van der Waals surface area contributed by atoms with Crippen molar-refractivity contribution in [2.24, 2.45) is 5.73 Å². The van der Waals surface area contributed by atoms with Gasteiger partial charge in [0, 0.05) is 36.1 Å². The summed E-state index contributed by atoms with van der Waals surface area (Å²) in [6.45, 7) is 0.652. The maximum absolute atomic E-state index is 12.9. The highest BCUT2D eigenvalue weighted by Crippen LogP contribution is 2.37. The molecule has 0 aliphatic carbocycles. The van der Waals surface area contributed by atoms with Gasteiger partial charge in [-0.3, -0.25) is 9.35 Å². The Morgan fingerprint density at radius 2 is 1.74 bits per heavy atom. The highest BCUT2D eigenvalue weighted by Gasteiger charge is 2.30. The summed E-state index contributed by atoms with van der Waals surface area (Å²) in [5, 5.41) is 3.22. The molecular weight excluding hydrogens is 520 g/mol. The molecule has 1 amide bonds. The number of nitrogens with zero attached hydrogens (tertiary/aromatic N) is 4. The Hall–Kier alpha value is -4.42. The summed E-state index contributed by atoms with van der Waals surface area (Å²) in [5.41, 5.74) is 8.44. The average Bonchev–Trinajstić information content (AvgIpc) is 3.44. The maximum Gasteiger partial charge on any atom is 0.268 e. The average molecular weight is 549 g/mol. The van der Waals surface area contributed by atoms with E-state index in [0.717, 1.165) is 6.42 Å². The van der Waals surface area contributed by atoms with Crippen LogP contribution in [0.2, 0.25) is 0 Å². The standard InChI is InChI=1S/C27H28N6O5S/c1-37-20-13-17(14-21(16-20)38-2)29-26-27(31-23-10-4-3-9-22(23)30-26)33(39(35)36)19-8-5-7-18(15-19)32-12-6-11-24(32)25(28)34/h3-5,7-10,13-16,24H,6,11-12H2,1-2H3,(H2,28,34)(H,29,30)(H,35,36)/t24-/m1/s1. The zero-order valence-corrected chi connectivity index (χ0v) is 22.2. The topological polar surface area (TPSA) is 143 Å². The lowest BCUT2D eigenvalue weighted by molar-refractivity contribution is -0.119. The molecule has 2 atom stereocenters. The number of hydrogen-bond acceptors (Lipinski definition) is 8. The van der Waals surface area contributed by atoms with Crippen LogP contribution in [0.1, 0.15) is 12.8 Å². The van der Waals surface area contributed by atoms with Crippen LogP contribution in [-0.4, -0.2) is 51.4 Å². The lowest BCUT2D eigenvalue weighted by Crippen LogP contribution is -2.40. The molecule has 1 aromatic heterocycles. The van der Waals surface area contributed by atoms with Gasteiger partial charge in [0.2, 0.25) is 5.91 Å². The number of hydrogen-bond donors (Lipinski definition) is 3. The third kappa shape index (κ3) is 5.42. The number of rotatable bonds is 9. The third-order valence-corrected chi connectivity index (χ3v) is 7.19. The van der Waals surface area contributed by atoms with Crippen LogP contribution in [-0.2, 0) is 16.1 Å². The molecule has 0 spiro atoms. The molecule has 39 heavy (non-hydrogen) atoms. The lowest BCUT2D eigenvalue weighted by atomic mass is 10.2. The second-order valence-corrected chi connectivity index (χ2v) is 9.74. The molecule has 2 heterocycles. The Bertz CT molecular complexity index is 1530. The minimum Gasteiger partial charge on any atom is -0.497 e. The van der Waals surface area contributed by atoms with Gasteiger partial charge >= 0.3 is 0 Å². The molecule has 1 unspecified atom stereocenters. The number of nitrogens with one attached hydrogen (secondary N) is 1. The Morgan fingerprint density at radius 3 is 2.38 bits per heavy atom. The summed E-state index contributed by atoms with van der Waals surface area (Å²) in [6.07, 6.45) is 1.48. The molecule has 4 aromatic rings. The van der Waals surface area contributed by atoms with E-state index in [4.69, 9.17) is 25.2 Å². The molecule has 0 radical (unpaired) electrons. The van der Waals surface area contributed by atoms with Gasteiger partial charge in [-0.2, -0.15) is 0 Å². The molecular formula is C27H28N6O5S. The van der Waals surface area contributed by atoms with Crippen LogP contribution in [0.25, 0.3) is 11.0 Å². The fourth-order valence-electron chi connectivity index (χ4n) is 4.69. The minimum atomic E-state index is -2.52. The first-order valence-corrected chi connectivity index (χ1v) is 13.3. The Kier molecular flexibility index (Phi) is 7.48. The van der Waals surface area contributed by atoms with Crippen molar-refractivity contribution in [2.45, 2.75) is 18.9 Å². The molecule has 1 aliphatic rings. The smallest absolute Gasteiger partial charge is 0.268 e. The van der Waals surface area contributed by atoms with E-state index in [1.807, 2.05) is 29.2 Å². The van der Waals surface area contributed by atoms with Crippen molar-refractivity contribution in [3.05, 3.63) is 66.7 Å². The number of para-hydroxylation sites is 2. The quantitative estimate of drug-likeness (QED) is 0.263. The Balaban J connectivity index is 1.63. The van der Waals surface area contributed by atoms with Crippen molar-refractivity contribution >= 4 is 56.9 Å². The van der Waals surface area contributed by atoms with E-state index < -0.39 is 23.2 Å². The first kappa shape index (κ1) is 26.2. The van der Waals surface area contributed by atoms with Gasteiger partial charge in [0.25, 0.3) is 11.3 Å². The summed E-state index contributed by atoms with van der Waals surface area (Å²) < 4.78 is 35.3. The molecule has 5 rings (SSSR count). The summed E-state index contributed by atoms with van der Waals surface area (Å²) in [5.74, 6) is 1.07. The normalized spacial score (nSPS) is 15.7. The maximum atomic E-state index is 12.9. The number of methoxy groups -OCH3 is 2. The second kappa shape index (κ2) is 11.1. The lowest BCUT2D eigenvalue weighted by Gasteiger charge is -2.27. The molecule has 3 aromatic carbocycles. The summed E-state index contributed by atoms with van der Waals surface area (Å²) in [6, 6.07) is 19.1. The van der Waals surface area contributed by atoms with Crippen molar-refractivity contribution in [1.82, 2.24) is 9.97 Å². The summed E-state index contributed by atoms with van der Waals surface area (Å²) in [4.78, 5) is 23.4. The highest BCUT2D eigenvalue weighted by molar-refractivity contribution is 7.81. The molecule has 1 saturated heterocycles. The number of aromatic nitrogens is 2. The molecule has 1 fully saturated rings. The number of carbonyl (C=O) groups is 1.